The zero-order valence-electron chi connectivity index (χ0n) is 14.2. The largest absolute Gasteiger partial charge is 0.354 e. The highest BCUT2D eigenvalue weighted by Gasteiger charge is 2.17. The van der Waals surface area contributed by atoms with E-state index in [4.69, 9.17) is 0 Å². The Hall–Kier alpha value is -1.92. The first-order chi connectivity index (χ1) is 11.6. The van der Waals surface area contributed by atoms with Gasteiger partial charge in [0.15, 0.2) is 0 Å². The standard InChI is InChI=1S/C18H24N4OS/c1-14(11-15-4-10-24-13-15)20-18(23)16-3-5-19-17(12-16)22-8-6-21(2)7-9-22/h3-5,10,12-14H,6-9,11H2,1-2H3,(H,20,23). The number of rotatable bonds is 5. The third kappa shape index (κ3) is 4.33. The molecule has 2 aromatic rings. The molecule has 3 rings (SSSR count). The van der Waals surface area contributed by atoms with Crippen LogP contribution >= 0.6 is 11.3 Å². The highest BCUT2D eigenvalue weighted by molar-refractivity contribution is 7.07. The number of pyridine rings is 1. The van der Waals surface area contributed by atoms with E-state index in [1.54, 1.807) is 23.6 Å². The van der Waals surface area contributed by atoms with E-state index in [1.807, 2.05) is 13.0 Å². The van der Waals surface area contributed by atoms with Gasteiger partial charge in [-0.05, 0) is 54.9 Å². The third-order valence-corrected chi connectivity index (χ3v) is 5.07. The Morgan fingerprint density at radius 3 is 2.83 bits per heavy atom. The monoisotopic (exact) mass is 344 g/mol. The van der Waals surface area contributed by atoms with E-state index in [0.717, 1.165) is 38.4 Å². The second-order valence-electron chi connectivity index (χ2n) is 6.40. The molecule has 0 aliphatic carbocycles. The summed E-state index contributed by atoms with van der Waals surface area (Å²) in [6.07, 6.45) is 2.58. The molecule has 0 aromatic carbocycles. The van der Waals surface area contributed by atoms with Crippen LogP contribution in [-0.4, -0.2) is 55.1 Å². The van der Waals surface area contributed by atoms with E-state index in [2.05, 4.69) is 44.0 Å². The fourth-order valence-corrected chi connectivity index (χ4v) is 3.57. The average molecular weight is 344 g/mol. The normalized spacial score (nSPS) is 16.8. The lowest BCUT2D eigenvalue weighted by Crippen LogP contribution is -2.45. The van der Waals surface area contributed by atoms with Gasteiger partial charge < -0.3 is 15.1 Å². The number of anilines is 1. The molecule has 0 saturated carbocycles. The smallest absolute Gasteiger partial charge is 0.251 e. The molecule has 3 heterocycles. The molecule has 0 bridgehead atoms. The Balaban J connectivity index is 1.61. The molecule has 1 aliphatic heterocycles. The first-order valence-corrected chi connectivity index (χ1v) is 9.27. The van der Waals surface area contributed by atoms with Gasteiger partial charge >= 0.3 is 0 Å². The molecule has 128 valence electrons. The van der Waals surface area contributed by atoms with Crippen LogP contribution in [0.15, 0.2) is 35.2 Å². The van der Waals surface area contributed by atoms with Crippen molar-refractivity contribution in [3.05, 3.63) is 46.3 Å². The van der Waals surface area contributed by atoms with E-state index in [-0.39, 0.29) is 11.9 Å². The Kier molecular flexibility index (Phi) is 5.48. The van der Waals surface area contributed by atoms with Gasteiger partial charge in [0, 0.05) is 44.0 Å². The molecule has 1 unspecified atom stereocenters. The summed E-state index contributed by atoms with van der Waals surface area (Å²) in [5.74, 6) is 0.858. The summed E-state index contributed by atoms with van der Waals surface area (Å²) in [6, 6.07) is 5.89. The van der Waals surface area contributed by atoms with Crippen molar-refractivity contribution in [3.63, 3.8) is 0 Å². The molecular weight excluding hydrogens is 320 g/mol. The Morgan fingerprint density at radius 2 is 2.12 bits per heavy atom. The number of thiophene rings is 1. The summed E-state index contributed by atoms with van der Waals surface area (Å²) in [5.41, 5.74) is 1.94. The summed E-state index contributed by atoms with van der Waals surface area (Å²) in [5, 5.41) is 7.27. The molecular formula is C18H24N4OS. The first kappa shape index (κ1) is 16.9. The van der Waals surface area contributed by atoms with Crippen LogP contribution in [0.1, 0.15) is 22.8 Å². The van der Waals surface area contributed by atoms with E-state index >= 15 is 0 Å². The van der Waals surface area contributed by atoms with E-state index < -0.39 is 0 Å². The molecule has 1 atom stereocenters. The van der Waals surface area contributed by atoms with Crippen LogP contribution in [0.4, 0.5) is 5.82 Å². The van der Waals surface area contributed by atoms with Crippen molar-refractivity contribution >= 4 is 23.1 Å². The third-order valence-electron chi connectivity index (χ3n) is 4.33. The quantitative estimate of drug-likeness (QED) is 0.904. The Bertz CT molecular complexity index is 665. The minimum atomic E-state index is -0.0319. The number of amides is 1. The molecule has 1 fully saturated rings. The maximum atomic E-state index is 12.5. The first-order valence-electron chi connectivity index (χ1n) is 8.33. The minimum Gasteiger partial charge on any atom is -0.354 e. The van der Waals surface area contributed by atoms with Gasteiger partial charge in [-0.25, -0.2) is 4.98 Å². The van der Waals surface area contributed by atoms with Gasteiger partial charge in [-0.15, -0.1) is 0 Å². The van der Waals surface area contributed by atoms with Gasteiger partial charge in [0.1, 0.15) is 5.82 Å². The summed E-state index contributed by atoms with van der Waals surface area (Å²) >= 11 is 1.68. The second-order valence-corrected chi connectivity index (χ2v) is 7.18. The molecule has 0 spiro atoms. The summed E-state index contributed by atoms with van der Waals surface area (Å²) in [6.45, 7) is 5.98. The van der Waals surface area contributed by atoms with Crippen LogP contribution in [0.2, 0.25) is 0 Å². The van der Waals surface area contributed by atoms with Crippen LogP contribution in [0.3, 0.4) is 0 Å². The van der Waals surface area contributed by atoms with Gasteiger partial charge in [0.05, 0.1) is 0 Å². The molecule has 24 heavy (non-hydrogen) atoms. The second kappa shape index (κ2) is 7.77. The van der Waals surface area contributed by atoms with Gasteiger partial charge in [0.25, 0.3) is 5.91 Å². The molecule has 2 aromatic heterocycles. The molecule has 1 saturated heterocycles. The van der Waals surface area contributed by atoms with Crippen LogP contribution < -0.4 is 10.2 Å². The zero-order chi connectivity index (χ0) is 16.9. The van der Waals surface area contributed by atoms with Crippen molar-refractivity contribution in [2.45, 2.75) is 19.4 Å². The van der Waals surface area contributed by atoms with Crippen molar-refractivity contribution in [2.75, 3.05) is 38.1 Å². The highest BCUT2D eigenvalue weighted by Crippen LogP contribution is 2.15. The van der Waals surface area contributed by atoms with E-state index in [0.29, 0.717) is 5.56 Å². The summed E-state index contributed by atoms with van der Waals surface area (Å²) < 4.78 is 0. The number of nitrogens with zero attached hydrogens (tertiary/aromatic N) is 3. The molecule has 6 heteroatoms. The fraction of sp³-hybridized carbons (Fsp3) is 0.444. The molecule has 0 radical (unpaired) electrons. The number of carbonyl (C=O) groups excluding carboxylic acids is 1. The number of hydrogen-bond acceptors (Lipinski definition) is 5. The number of aromatic nitrogens is 1. The lowest BCUT2D eigenvalue weighted by Gasteiger charge is -2.33. The molecule has 5 nitrogen and oxygen atoms in total. The lowest BCUT2D eigenvalue weighted by atomic mass is 10.1. The van der Waals surface area contributed by atoms with Gasteiger partial charge in [0.2, 0.25) is 0 Å². The topological polar surface area (TPSA) is 48.5 Å². The highest BCUT2D eigenvalue weighted by atomic mass is 32.1. The predicted molar refractivity (Wildman–Crippen MR) is 98.9 cm³/mol. The summed E-state index contributed by atoms with van der Waals surface area (Å²) in [4.78, 5) is 21.5. The van der Waals surface area contributed by atoms with Crippen molar-refractivity contribution < 1.29 is 4.79 Å². The van der Waals surface area contributed by atoms with E-state index in [1.165, 1.54) is 5.56 Å². The average Bonchev–Trinajstić information content (AvgIpc) is 3.08. The summed E-state index contributed by atoms with van der Waals surface area (Å²) in [7, 11) is 2.13. The van der Waals surface area contributed by atoms with Crippen molar-refractivity contribution in [1.29, 1.82) is 0 Å². The van der Waals surface area contributed by atoms with Crippen molar-refractivity contribution in [2.24, 2.45) is 0 Å². The number of carbonyl (C=O) groups is 1. The number of hydrogen-bond donors (Lipinski definition) is 1. The number of likely N-dealkylation sites (N-methyl/N-ethyl adjacent to an activating group) is 1. The van der Waals surface area contributed by atoms with Crippen molar-refractivity contribution in [1.82, 2.24) is 15.2 Å². The predicted octanol–water partition coefficient (Wildman–Crippen LogP) is 2.26. The maximum absolute atomic E-state index is 12.5. The van der Waals surface area contributed by atoms with E-state index in [9.17, 15) is 4.79 Å². The maximum Gasteiger partial charge on any atom is 0.251 e. The van der Waals surface area contributed by atoms with Gasteiger partial charge in [-0.1, -0.05) is 0 Å². The number of piperazine rings is 1. The molecule has 1 amide bonds. The molecule has 1 aliphatic rings. The van der Waals surface area contributed by atoms with Gasteiger partial charge in [-0.2, -0.15) is 11.3 Å². The Morgan fingerprint density at radius 1 is 1.33 bits per heavy atom. The molecule has 1 N–H and O–H groups in total. The Labute approximate surface area is 147 Å². The van der Waals surface area contributed by atoms with Crippen LogP contribution in [0.25, 0.3) is 0 Å². The lowest BCUT2D eigenvalue weighted by molar-refractivity contribution is 0.0940. The zero-order valence-corrected chi connectivity index (χ0v) is 15.1. The minimum absolute atomic E-state index is 0.0319. The SMILES string of the molecule is CC(Cc1ccsc1)NC(=O)c1ccnc(N2CCN(C)CC2)c1. The van der Waals surface area contributed by atoms with Crippen LogP contribution in [0, 0.1) is 0 Å². The van der Waals surface area contributed by atoms with Gasteiger partial charge in [-0.3, -0.25) is 4.79 Å². The van der Waals surface area contributed by atoms with Crippen LogP contribution in [-0.2, 0) is 6.42 Å². The van der Waals surface area contributed by atoms with Crippen LogP contribution in [0.5, 0.6) is 0 Å². The fourth-order valence-electron chi connectivity index (χ4n) is 2.89. The number of nitrogens with one attached hydrogen (secondary N) is 1. The van der Waals surface area contributed by atoms with Crippen molar-refractivity contribution in [3.8, 4) is 0 Å².